The maximum Gasteiger partial charge on any atom is 0.0969 e. The van der Waals surface area contributed by atoms with Crippen molar-refractivity contribution in [3.63, 3.8) is 0 Å². The highest BCUT2D eigenvalue weighted by Gasteiger charge is 2.60. The van der Waals surface area contributed by atoms with Gasteiger partial charge in [-0.2, -0.15) is 0 Å². The molecular weight excluding hydrogens is 452 g/mol. The molecule has 1 aromatic heterocycles. The monoisotopic (exact) mass is 498 g/mol. The number of pyridine rings is 1. The van der Waals surface area contributed by atoms with Gasteiger partial charge in [-0.25, -0.2) is 0 Å². The minimum Gasteiger partial charge on any atom is -0.359 e. The number of hydrogen-bond acceptors (Lipinski definition) is 3. The number of fused-ring (bicyclic) bond motifs is 1. The van der Waals surface area contributed by atoms with Crippen LogP contribution in [-0.2, 0) is 4.74 Å². The minimum absolute atomic E-state index is 0.00629. The molecule has 2 spiro atoms. The van der Waals surface area contributed by atoms with E-state index in [1.165, 1.54) is 86.1 Å². The number of ether oxygens (including phenoxy) is 1. The maximum atomic E-state index is 7.46. The molecule has 5 atom stereocenters. The average molecular weight is 499 g/mol. The van der Waals surface area contributed by atoms with Gasteiger partial charge in [0.05, 0.1) is 11.2 Å². The van der Waals surface area contributed by atoms with Gasteiger partial charge in [0, 0.05) is 29.9 Å². The van der Waals surface area contributed by atoms with Gasteiger partial charge >= 0.3 is 0 Å². The lowest BCUT2D eigenvalue weighted by Crippen LogP contribution is -2.53. The van der Waals surface area contributed by atoms with E-state index in [1.807, 2.05) is 12.4 Å². The number of hydrogen-bond donors (Lipinski definition) is 0. The van der Waals surface area contributed by atoms with Gasteiger partial charge in [-0.3, -0.25) is 9.88 Å². The van der Waals surface area contributed by atoms with Crippen molar-refractivity contribution in [2.24, 2.45) is 5.92 Å². The van der Waals surface area contributed by atoms with E-state index in [4.69, 9.17) is 4.74 Å². The van der Waals surface area contributed by atoms with Crippen molar-refractivity contribution in [2.45, 2.75) is 121 Å². The molecule has 2 bridgehead atoms. The van der Waals surface area contributed by atoms with Gasteiger partial charge in [-0.1, -0.05) is 38.1 Å². The van der Waals surface area contributed by atoms with Crippen molar-refractivity contribution in [1.82, 2.24) is 9.88 Å². The number of nitrogens with zero attached hydrogens (tertiary/aromatic N) is 2. The van der Waals surface area contributed by atoms with E-state index in [0.717, 1.165) is 6.54 Å². The fourth-order valence-electron chi connectivity index (χ4n) is 8.59. The molecule has 2 unspecified atom stereocenters. The van der Waals surface area contributed by atoms with E-state index in [-0.39, 0.29) is 11.2 Å². The molecule has 2 aliphatic carbocycles. The first-order chi connectivity index (χ1) is 18.0. The first-order valence-corrected chi connectivity index (χ1v) is 15.2. The van der Waals surface area contributed by atoms with Crippen LogP contribution in [0, 0.1) is 5.92 Å². The van der Waals surface area contributed by atoms with E-state index >= 15 is 0 Å². The van der Waals surface area contributed by atoms with Gasteiger partial charge < -0.3 is 4.74 Å². The highest BCUT2D eigenvalue weighted by molar-refractivity contribution is 5.82. The van der Waals surface area contributed by atoms with Crippen molar-refractivity contribution in [1.29, 1.82) is 0 Å². The molecule has 6 rings (SSSR count). The Labute approximate surface area is 224 Å². The van der Waals surface area contributed by atoms with Crippen molar-refractivity contribution >= 4 is 10.8 Å². The summed E-state index contributed by atoms with van der Waals surface area (Å²) in [6.45, 7) is 10.5. The van der Waals surface area contributed by atoms with E-state index in [9.17, 15) is 0 Å². The minimum atomic E-state index is -0.0376. The van der Waals surface area contributed by atoms with Gasteiger partial charge in [-0.15, -0.1) is 0 Å². The number of rotatable bonds is 8. The van der Waals surface area contributed by atoms with Crippen LogP contribution in [0.2, 0.25) is 0 Å². The van der Waals surface area contributed by atoms with Crippen molar-refractivity contribution < 1.29 is 4.74 Å². The highest BCUT2D eigenvalue weighted by atomic mass is 16.5. The molecule has 2 aliphatic heterocycles. The molecule has 3 heteroatoms. The molecule has 0 N–H and O–H groups in total. The molecule has 4 aliphatic rings. The van der Waals surface area contributed by atoms with Crippen LogP contribution in [0.4, 0.5) is 0 Å². The normalized spacial score (nSPS) is 31.7. The summed E-state index contributed by atoms with van der Waals surface area (Å²) in [6.07, 6.45) is 21.3. The van der Waals surface area contributed by atoms with Crippen LogP contribution in [-0.4, -0.2) is 39.7 Å². The van der Waals surface area contributed by atoms with Gasteiger partial charge in [0.25, 0.3) is 0 Å². The summed E-state index contributed by atoms with van der Waals surface area (Å²) in [5.74, 6) is 1.23. The van der Waals surface area contributed by atoms with Gasteiger partial charge in [0.15, 0.2) is 0 Å². The molecule has 0 radical (unpaired) electrons. The standard InChI is InChI=1S/C34H46N2O/c1-5-25(27-11-10-26-16-19-35-23-28(26)20-27)12-13-29-8-7-9-31-21-30-14-15-32(36(6-2)24(3)4)22-33(30)17-18-34(29,31)37-33/h9-11,16,19-21,23-25,29,32H,5-8,12-15,17-18,22H2,1-4H3/t25?,29-,32?,33+,34-/m0/s1. The fraction of sp³-hybridized carbons (Fsp3) is 0.618. The van der Waals surface area contributed by atoms with Crippen LogP contribution in [0.1, 0.15) is 103 Å². The van der Waals surface area contributed by atoms with Crippen LogP contribution in [0.25, 0.3) is 10.8 Å². The zero-order valence-corrected chi connectivity index (χ0v) is 23.5. The third kappa shape index (κ3) is 4.31. The van der Waals surface area contributed by atoms with E-state index in [0.29, 0.717) is 23.9 Å². The quantitative estimate of drug-likeness (QED) is 0.366. The Bertz CT molecular complexity index is 1200. The second-order valence-corrected chi connectivity index (χ2v) is 12.6. The first kappa shape index (κ1) is 25.3. The largest absolute Gasteiger partial charge is 0.359 e. The molecule has 1 saturated heterocycles. The summed E-state index contributed by atoms with van der Waals surface area (Å²) >= 11 is 0. The average Bonchev–Trinajstić information content (AvgIpc) is 3.21. The zero-order chi connectivity index (χ0) is 25.6. The summed E-state index contributed by atoms with van der Waals surface area (Å²) in [5.41, 5.74) is 4.58. The summed E-state index contributed by atoms with van der Waals surface area (Å²) < 4.78 is 7.46. The molecule has 0 amide bonds. The van der Waals surface area contributed by atoms with E-state index in [1.54, 1.807) is 5.57 Å². The highest BCUT2D eigenvalue weighted by Crippen LogP contribution is 2.61. The number of allylic oxidation sites excluding steroid dienone is 1. The lowest BCUT2D eigenvalue weighted by molar-refractivity contribution is -0.125. The Morgan fingerprint density at radius 2 is 2.00 bits per heavy atom. The third-order valence-electron chi connectivity index (χ3n) is 10.5. The SMILES string of the molecule is CCC(CC[C@@H]1CCC=C2C=C3CCC(N(CC)C(C)C)C[C@]34CC[C@@]21O4)c1ccc2ccncc2c1. The Hall–Kier alpha value is -1.97. The first-order valence-electron chi connectivity index (χ1n) is 15.2. The van der Waals surface area contributed by atoms with Crippen LogP contribution in [0.15, 0.2) is 60.0 Å². The van der Waals surface area contributed by atoms with Crippen LogP contribution in [0.5, 0.6) is 0 Å². The molecule has 2 aromatic rings. The van der Waals surface area contributed by atoms with Crippen LogP contribution < -0.4 is 0 Å². The predicted octanol–water partition coefficient (Wildman–Crippen LogP) is 8.36. The molecule has 1 saturated carbocycles. The fourth-order valence-corrected chi connectivity index (χ4v) is 8.59. The zero-order valence-electron chi connectivity index (χ0n) is 23.5. The van der Waals surface area contributed by atoms with Crippen molar-refractivity contribution in [2.75, 3.05) is 6.54 Å². The molecule has 3 nitrogen and oxygen atoms in total. The molecular formula is C34H46N2O. The second-order valence-electron chi connectivity index (χ2n) is 12.6. The molecule has 3 heterocycles. The van der Waals surface area contributed by atoms with E-state index in [2.05, 4.69) is 74.0 Å². The van der Waals surface area contributed by atoms with Crippen LogP contribution >= 0.6 is 0 Å². The smallest absolute Gasteiger partial charge is 0.0969 e. The Morgan fingerprint density at radius 3 is 2.81 bits per heavy atom. The topological polar surface area (TPSA) is 25.4 Å². The molecule has 37 heavy (non-hydrogen) atoms. The van der Waals surface area contributed by atoms with Gasteiger partial charge in [-0.05, 0) is 131 Å². The van der Waals surface area contributed by atoms with Crippen molar-refractivity contribution in [3.8, 4) is 0 Å². The lowest BCUT2D eigenvalue weighted by atomic mass is 9.69. The molecule has 1 aromatic carbocycles. The van der Waals surface area contributed by atoms with Gasteiger partial charge in [0.1, 0.15) is 0 Å². The predicted molar refractivity (Wildman–Crippen MR) is 154 cm³/mol. The third-order valence-corrected chi connectivity index (χ3v) is 10.5. The van der Waals surface area contributed by atoms with Gasteiger partial charge in [0.2, 0.25) is 0 Å². The van der Waals surface area contributed by atoms with Crippen molar-refractivity contribution in [3.05, 3.63) is 65.5 Å². The summed E-state index contributed by atoms with van der Waals surface area (Å²) in [6, 6.07) is 10.4. The number of benzene rings is 1. The summed E-state index contributed by atoms with van der Waals surface area (Å²) in [4.78, 5) is 7.08. The Morgan fingerprint density at radius 1 is 1.11 bits per heavy atom. The summed E-state index contributed by atoms with van der Waals surface area (Å²) in [5, 5.41) is 2.55. The maximum absolute atomic E-state index is 7.46. The second kappa shape index (κ2) is 9.97. The molecule has 198 valence electrons. The number of aromatic nitrogens is 1. The Kier molecular flexibility index (Phi) is 6.82. The Balaban J connectivity index is 1.22. The summed E-state index contributed by atoms with van der Waals surface area (Å²) in [7, 11) is 0. The lowest BCUT2D eigenvalue weighted by Gasteiger charge is -2.52. The van der Waals surface area contributed by atoms with Crippen LogP contribution in [0.3, 0.4) is 0 Å². The van der Waals surface area contributed by atoms with E-state index < -0.39 is 0 Å². The molecule has 2 fully saturated rings.